The molecule has 0 atom stereocenters. The molecule has 0 spiro atoms. The molecule has 0 unspecified atom stereocenters. The second-order valence-corrected chi connectivity index (χ2v) is 5.25. The average Bonchev–Trinajstić information content (AvgIpc) is 2.93. The molecule has 23 heavy (non-hydrogen) atoms. The second kappa shape index (κ2) is 6.60. The van der Waals surface area contributed by atoms with Gasteiger partial charge in [0.25, 0.3) is 0 Å². The number of nitrogens with one attached hydrogen (secondary N) is 1. The number of benzene rings is 2. The van der Waals surface area contributed by atoms with E-state index in [1.54, 1.807) is 6.07 Å². The molecule has 0 aliphatic rings. The van der Waals surface area contributed by atoms with Crippen LogP contribution < -0.4 is 0 Å². The Kier molecular flexibility index (Phi) is 4.37. The number of aromatic amines is 1. The van der Waals surface area contributed by atoms with E-state index in [0.717, 1.165) is 22.5 Å². The van der Waals surface area contributed by atoms with Gasteiger partial charge in [-0.2, -0.15) is 0 Å². The number of fused-ring (bicyclic) bond motifs is 1. The summed E-state index contributed by atoms with van der Waals surface area (Å²) in [5.74, 6) is -1.30. The number of aromatic nitrogens is 1. The fraction of sp³-hybridized carbons (Fsp3) is 0.167. The molecule has 3 nitrogen and oxygen atoms in total. The summed E-state index contributed by atoms with van der Waals surface area (Å²) in [5.41, 5.74) is 2.04. The average molecular weight is 315 g/mol. The van der Waals surface area contributed by atoms with Crippen molar-refractivity contribution in [1.29, 1.82) is 0 Å². The van der Waals surface area contributed by atoms with Gasteiger partial charge in [-0.25, -0.2) is 13.6 Å². The Balaban J connectivity index is 1.55. The summed E-state index contributed by atoms with van der Waals surface area (Å²) in [6.07, 6.45) is 3.09. The molecule has 0 fully saturated rings. The maximum Gasteiger partial charge on any atom is 0.338 e. The van der Waals surface area contributed by atoms with Gasteiger partial charge in [0.1, 0.15) is 11.6 Å². The van der Waals surface area contributed by atoms with Gasteiger partial charge in [0.05, 0.1) is 12.2 Å². The van der Waals surface area contributed by atoms with E-state index in [9.17, 15) is 13.6 Å². The fourth-order valence-electron chi connectivity index (χ4n) is 2.48. The zero-order chi connectivity index (χ0) is 16.2. The van der Waals surface area contributed by atoms with Gasteiger partial charge in [-0.05, 0) is 54.8 Å². The lowest BCUT2D eigenvalue weighted by Gasteiger charge is -2.05. The number of hydrogen-bond donors (Lipinski definition) is 1. The first kappa shape index (κ1) is 15.2. The molecular weight excluding hydrogens is 300 g/mol. The highest BCUT2D eigenvalue weighted by Crippen LogP contribution is 2.20. The third-order valence-electron chi connectivity index (χ3n) is 3.61. The van der Waals surface area contributed by atoms with Gasteiger partial charge in [-0.3, -0.25) is 0 Å². The van der Waals surface area contributed by atoms with Crippen LogP contribution in [0.15, 0.2) is 48.7 Å². The largest absolute Gasteiger partial charge is 0.462 e. The molecular formula is C18H15F2NO2. The van der Waals surface area contributed by atoms with E-state index in [0.29, 0.717) is 12.8 Å². The lowest BCUT2D eigenvalue weighted by molar-refractivity contribution is 0.0500. The number of rotatable bonds is 5. The van der Waals surface area contributed by atoms with Gasteiger partial charge in [-0.1, -0.05) is 6.07 Å². The van der Waals surface area contributed by atoms with E-state index in [1.807, 2.05) is 6.20 Å². The third kappa shape index (κ3) is 3.56. The minimum Gasteiger partial charge on any atom is -0.462 e. The highest BCUT2D eigenvalue weighted by molar-refractivity contribution is 5.89. The van der Waals surface area contributed by atoms with Gasteiger partial charge < -0.3 is 9.72 Å². The van der Waals surface area contributed by atoms with E-state index in [-0.39, 0.29) is 18.0 Å². The first-order valence-corrected chi connectivity index (χ1v) is 7.32. The first-order valence-electron chi connectivity index (χ1n) is 7.32. The summed E-state index contributed by atoms with van der Waals surface area (Å²) in [4.78, 5) is 14.9. The van der Waals surface area contributed by atoms with Crippen LogP contribution in [0.25, 0.3) is 10.9 Å². The maximum atomic E-state index is 13.3. The van der Waals surface area contributed by atoms with Crippen molar-refractivity contribution >= 4 is 16.9 Å². The van der Waals surface area contributed by atoms with E-state index in [2.05, 4.69) is 4.98 Å². The zero-order valence-electron chi connectivity index (χ0n) is 12.3. The van der Waals surface area contributed by atoms with Crippen LogP contribution >= 0.6 is 0 Å². The molecule has 1 aromatic heterocycles. The van der Waals surface area contributed by atoms with Crippen molar-refractivity contribution in [2.45, 2.75) is 12.8 Å². The van der Waals surface area contributed by atoms with Gasteiger partial charge in [0, 0.05) is 17.1 Å². The molecule has 0 saturated heterocycles. The molecule has 3 rings (SSSR count). The van der Waals surface area contributed by atoms with Gasteiger partial charge in [-0.15, -0.1) is 0 Å². The number of H-pyrrole nitrogens is 1. The molecule has 0 amide bonds. The van der Waals surface area contributed by atoms with E-state index in [1.165, 1.54) is 30.3 Å². The SMILES string of the molecule is O=C(OCCCc1c[nH]c2ccc(F)cc12)c1cccc(F)c1. The molecule has 3 aromatic rings. The lowest BCUT2D eigenvalue weighted by Crippen LogP contribution is -2.07. The number of ether oxygens (including phenoxy) is 1. The minimum atomic E-state index is -0.547. The van der Waals surface area contributed by atoms with Crippen molar-refractivity contribution in [2.75, 3.05) is 6.61 Å². The molecule has 2 aromatic carbocycles. The Morgan fingerprint density at radius 3 is 2.74 bits per heavy atom. The summed E-state index contributed by atoms with van der Waals surface area (Å²) in [7, 11) is 0. The summed E-state index contributed by atoms with van der Waals surface area (Å²) in [6.45, 7) is 0.220. The van der Waals surface area contributed by atoms with Gasteiger partial charge >= 0.3 is 5.97 Å². The first-order chi connectivity index (χ1) is 11.1. The van der Waals surface area contributed by atoms with Gasteiger partial charge in [0.2, 0.25) is 0 Å². The van der Waals surface area contributed by atoms with Crippen molar-refractivity contribution in [2.24, 2.45) is 0 Å². The van der Waals surface area contributed by atoms with Crippen LogP contribution in [-0.4, -0.2) is 17.6 Å². The van der Waals surface area contributed by atoms with Gasteiger partial charge in [0.15, 0.2) is 0 Å². The normalized spacial score (nSPS) is 10.9. The Morgan fingerprint density at radius 1 is 1.09 bits per heavy atom. The Morgan fingerprint density at radius 2 is 1.91 bits per heavy atom. The summed E-state index contributed by atoms with van der Waals surface area (Å²) < 4.78 is 31.5. The molecule has 0 aliphatic heterocycles. The van der Waals surface area contributed by atoms with Crippen molar-refractivity contribution in [3.8, 4) is 0 Å². The number of halogens is 2. The molecule has 0 aliphatic carbocycles. The van der Waals surface area contributed by atoms with Crippen molar-refractivity contribution < 1.29 is 18.3 Å². The standard InChI is InChI=1S/C18H15F2NO2/c19-14-5-1-3-12(9-14)18(22)23-8-2-4-13-11-21-17-7-6-15(20)10-16(13)17/h1,3,5-7,9-11,21H,2,4,8H2. The molecule has 1 heterocycles. The zero-order valence-corrected chi connectivity index (χ0v) is 12.3. The summed E-state index contributed by atoms with van der Waals surface area (Å²) >= 11 is 0. The monoisotopic (exact) mass is 315 g/mol. The van der Waals surface area contributed by atoms with Crippen molar-refractivity contribution in [3.63, 3.8) is 0 Å². The quantitative estimate of drug-likeness (QED) is 0.565. The summed E-state index contributed by atoms with van der Waals surface area (Å²) in [5, 5.41) is 0.835. The van der Waals surface area contributed by atoms with Crippen LogP contribution in [0.2, 0.25) is 0 Å². The van der Waals surface area contributed by atoms with Crippen LogP contribution in [0.5, 0.6) is 0 Å². The number of esters is 1. The van der Waals surface area contributed by atoms with Crippen LogP contribution in [-0.2, 0) is 11.2 Å². The maximum absolute atomic E-state index is 13.3. The van der Waals surface area contributed by atoms with E-state index in [4.69, 9.17) is 4.74 Å². The predicted molar refractivity (Wildman–Crippen MR) is 83.3 cm³/mol. The smallest absolute Gasteiger partial charge is 0.338 e. The Hall–Kier alpha value is -2.69. The molecule has 0 radical (unpaired) electrons. The van der Waals surface area contributed by atoms with Crippen LogP contribution in [0.3, 0.4) is 0 Å². The third-order valence-corrected chi connectivity index (χ3v) is 3.61. The molecule has 118 valence electrons. The highest BCUT2D eigenvalue weighted by atomic mass is 19.1. The Bertz CT molecular complexity index is 842. The summed E-state index contributed by atoms with van der Waals surface area (Å²) in [6, 6.07) is 9.97. The lowest BCUT2D eigenvalue weighted by atomic mass is 10.1. The molecule has 5 heteroatoms. The van der Waals surface area contributed by atoms with Crippen LogP contribution in [0, 0.1) is 11.6 Å². The Labute approximate surface area is 131 Å². The van der Waals surface area contributed by atoms with Crippen LogP contribution in [0.1, 0.15) is 22.3 Å². The highest BCUT2D eigenvalue weighted by Gasteiger charge is 2.09. The molecule has 1 N–H and O–H groups in total. The van der Waals surface area contributed by atoms with E-state index >= 15 is 0 Å². The molecule has 0 bridgehead atoms. The molecule has 0 saturated carbocycles. The minimum absolute atomic E-state index is 0.194. The van der Waals surface area contributed by atoms with E-state index < -0.39 is 11.8 Å². The topological polar surface area (TPSA) is 42.1 Å². The number of aryl methyl sites for hydroxylation is 1. The number of carbonyl (C=O) groups is 1. The van der Waals surface area contributed by atoms with Crippen molar-refractivity contribution in [3.05, 3.63) is 71.4 Å². The predicted octanol–water partition coefficient (Wildman–Crippen LogP) is 4.24. The second-order valence-electron chi connectivity index (χ2n) is 5.25. The fourth-order valence-corrected chi connectivity index (χ4v) is 2.48. The number of hydrogen-bond acceptors (Lipinski definition) is 2. The van der Waals surface area contributed by atoms with Crippen molar-refractivity contribution in [1.82, 2.24) is 4.98 Å². The van der Waals surface area contributed by atoms with Crippen LogP contribution in [0.4, 0.5) is 8.78 Å². The number of carbonyl (C=O) groups excluding carboxylic acids is 1.